The van der Waals surface area contributed by atoms with Crippen molar-refractivity contribution < 1.29 is 30.6 Å². The van der Waals surface area contributed by atoms with Crippen LogP contribution in [-0.2, 0) is 0 Å². The third-order valence-corrected chi connectivity index (χ3v) is 3.94. The van der Waals surface area contributed by atoms with Gasteiger partial charge < -0.3 is 17.7 Å². The van der Waals surface area contributed by atoms with Crippen LogP contribution >= 0.6 is 11.3 Å². The molecule has 2 atom stereocenters. The van der Waals surface area contributed by atoms with E-state index in [-0.39, 0.29) is 12.4 Å². The van der Waals surface area contributed by atoms with Crippen LogP contribution in [0.4, 0.5) is 13.2 Å². The Bertz CT molecular complexity index is 663. The van der Waals surface area contributed by atoms with Gasteiger partial charge in [0.05, 0.1) is 11.8 Å². The van der Waals surface area contributed by atoms with Crippen LogP contribution < -0.4 is 22.7 Å². The zero-order chi connectivity index (χ0) is 15.0. The van der Waals surface area contributed by atoms with E-state index in [4.69, 9.17) is 0 Å². The number of nitrogens with zero attached hydrogens (tertiary/aromatic N) is 3. The van der Waals surface area contributed by atoms with Gasteiger partial charge in [0.25, 0.3) is 0 Å². The first-order valence-corrected chi connectivity index (χ1v) is 6.98. The summed E-state index contributed by atoms with van der Waals surface area (Å²) in [6.45, 7) is 1.07. The molecule has 2 aliphatic heterocycles. The average Bonchev–Trinajstić information content (AvgIpc) is 3.08. The van der Waals surface area contributed by atoms with Crippen LogP contribution in [0.15, 0.2) is 38.4 Å². The highest BCUT2D eigenvalue weighted by molar-refractivity contribution is 7.11. The Hall–Kier alpha value is -1.71. The van der Waals surface area contributed by atoms with Crippen LogP contribution in [0.25, 0.3) is 5.57 Å². The van der Waals surface area contributed by atoms with Crippen molar-refractivity contribution >= 4 is 35.4 Å². The number of allylic oxidation sites excluding steroid dienone is 1. The standard InChI is InChI=1S/C12H10F3N5S.ClH/c1-7(12(13,14)15)19-10-8(9-3-2-4-21-9)5-16-11-17-6-18-20(10)11;/h2-7,19H,1H3;1H/t7-;/m1./s1. The van der Waals surface area contributed by atoms with Crippen molar-refractivity contribution in [1.82, 2.24) is 5.32 Å². The zero-order valence-electron chi connectivity index (χ0n) is 11.2. The molecule has 0 spiro atoms. The fourth-order valence-corrected chi connectivity index (χ4v) is 2.65. The van der Waals surface area contributed by atoms with Crippen molar-refractivity contribution in [3.8, 4) is 0 Å². The number of thiophene rings is 1. The molecule has 1 unspecified atom stereocenters. The predicted octanol–water partition coefficient (Wildman–Crippen LogP) is -1.76. The quantitative estimate of drug-likeness (QED) is 0.668. The summed E-state index contributed by atoms with van der Waals surface area (Å²) in [5.41, 5.74) is 0.592. The van der Waals surface area contributed by atoms with Gasteiger partial charge in [-0.2, -0.15) is 23.2 Å². The Morgan fingerprint density at radius 3 is 2.77 bits per heavy atom. The van der Waals surface area contributed by atoms with E-state index in [9.17, 15) is 13.2 Å². The Kier molecular flexibility index (Phi) is 4.69. The number of alkyl halides is 3. The number of hydrogen-bond donors (Lipinski definition) is 2. The molecule has 2 aliphatic rings. The summed E-state index contributed by atoms with van der Waals surface area (Å²) in [5, 5.41) is 8.73. The number of halogens is 4. The molecule has 0 amide bonds. The van der Waals surface area contributed by atoms with Crippen molar-refractivity contribution in [2.75, 3.05) is 0 Å². The first-order chi connectivity index (χ1) is 9.97. The van der Waals surface area contributed by atoms with E-state index in [0.29, 0.717) is 22.4 Å². The Morgan fingerprint density at radius 2 is 2.14 bits per heavy atom. The molecule has 3 rings (SSSR count). The van der Waals surface area contributed by atoms with Crippen molar-refractivity contribution in [2.45, 2.75) is 19.1 Å². The summed E-state index contributed by atoms with van der Waals surface area (Å²) in [6.07, 6.45) is -1.53. The van der Waals surface area contributed by atoms with Gasteiger partial charge in [-0.15, -0.1) is 11.3 Å². The van der Waals surface area contributed by atoms with E-state index in [2.05, 4.69) is 20.4 Å². The summed E-state index contributed by atoms with van der Waals surface area (Å²) in [6, 6.07) is 1.96. The van der Waals surface area contributed by atoms with E-state index in [0.717, 1.165) is 11.8 Å². The third kappa shape index (κ3) is 3.06. The molecule has 1 aromatic rings. The van der Waals surface area contributed by atoms with Crippen LogP contribution in [0, 0.1) is 0 Å². The molecule has 0 fully saturated rings. The summed E-state index contributed by atoms with van der Waals surface area (Å²) in [4.78, 5) is 8.89. The lowest BCUT2D eigenvalue weighted by Crippen LogP contribution is -3.09. The minimum absolute atomic E-state index is 0. The van der Waals surface area contributed by atoms with E-state index in [1.807, 2.05) is 17.5 Å². The molecule has 2 N–H and O–H groups in total. The van der Waals surface area contributed by atoms with Gasteiger partial charge in [-0.1, -0.05) is 16.2 Å². The lowest BCUT2D eigenvalue weighted by Gasteiger charge is -2.23. The number of guanidine groups is 1. The monoisotopic (exact) mass is 349 g/mol. The van der Waals surface area contributed by atoms with Gasteiger partial charge in [-0.3, -0.25) is 0 Å². The zero-order valence-corrected chi connectivity index (χ0v) is 12.8. The molecule has 0 saturated heterocycles. The highest BCUT2D eigenvalue weighted by Crippen LogP contribution is 2.24. The molecular weight excluding hydrogens is 339 g/mol. The lowest BCUT2D eigenvalue weighted by molar-refractivity contribution is -0.771. The molecule has 10 heteroatoms. The van der Waals surface area contributed by atoms with E-state index < -0.39 is 12.2 Å². The van der Waals surface area contributed by atoms with Crippen LogP contribution in [-0.4, -0.2) is 30.7 Å². The van der Waals surface area contributed by atoms with Gasteiger partial charge in [0.2, 0.25) is 5.82 Å². The van der Waals surface area contributed by atoms with Gasteiger partial charge in [0.15, 0.2) is 6.34 Å². The number of fused-ring (bicyclic) bond motifs is 1. The molecule has 5 nitrogen and oxygen atoms in total. The summed E-state index contributed by atoms with van der Waals surface area (Å²) in [5.74, 6) is 0.636. The van der Waals surface area contributed by atoms with Crippen LogP contribution in [0.3, 0.4) is 0 Å². The van der Waals surface area contributed by atoms with E-state index >= 15 is 0 Å². The second kappa shape index (κ2) is 6.19. The average molecular weight is 350 g/mol. The van der Waals surface area contributed by atoms with Gasteiger partial charge >= 0.3 is 12.1 Å². The SMILES string of the molecule is C[C@@H](NC1=C(c2cccs2)C=NC2=NC=N[NH+]21)C(F)(F)F.[Cl-]. The molecule has 0 saturated carbocycles. The van der Waals surface area contributed by atoms with E-state index in [1.165, 1.54) is 23.9 Å². The van der Waals surface area contributed by atoms with Gasteiger partial charge in [0, 0.05) is 4.88 Å². The summed E-state index contributed by atoms with van der Waals surface area (Å²) < 4.78 is 38.5. The molecular formula is C12H11ClF3N5S. The topological polar surface area (TPSA) is 53.5 Å². The fourth-order valence-electron chi connectivity index (χ4n) is 1.91. The smallest absolute Gasteiger partial charge is 0.408 e. The molecule has 3 heterocycles. The maximum atomic E-state index is 12.8. The van der Waals surface area contributed by atoms with Crippen molar-refractivity contribution in [3.63, 3.8) is 0 Å². The third-order valence-electron chi connectivity index (χ3n) is 3.04. The molecule has 118 valence electrons. The predicted molar refractivity (Wildman–Crippen MR) is 75.3 cm³/mol. The van der Waals surface area contributed by atoms with Crippen molar-refractivity contribution in [3.05, 3.63) is 28.2 Å². The second-order valence-electron chi connectivity index (χ2n) is 4.48. The normalized spacial score (nSPS) is 21.3. The van der Waals surface area contributed by atoms with E-state index in [1.54, 1.807) is 0 Å². The summed E-state index contributed by atoms with van der Waals surface area (Å²) >= 11 is 1.43. The van der Waals surface area contributed by atoms with Crippen molar-refractivity contribution in [2.24, 2.45) is 15.1 Å². The highest BCUT2D eigenvalue weighted by Gasteiger charge is 2.41. The number of nitrogens with one attached hydrogen (secondary N) is 2. The minimum Gasteiger partial charge on any atom is -1.00 e. The number of quaternary nitrogens is 1. The van der Waals surface area contributed by atoms with Crippen LogP contribution in [0.2, 0.25) is 0 Å². The van der Waals surface area contributed by atoms with Gasteiger partial charge in [-0.25, -0.2) is 0 Å². The lowest BCUT2D eigenvalue weighted by atomic mass is 10.2. The number of rotatable bonds is 3. The highest BCUT2D eigenvalue weighted by atomic mass is 35.5. The summed E-state index contributed by atoms with van der Waals surface area (Å²) in [7, 11) is 0. The minimum atomic E-state index is -4.34. The number of aliphatic imine (C=N–C) groups is 2. The van der Waals surface area contributed by atoms with Crippen molar-refractivity contribution in [1.29, 1.82) is 0 Å². The van der Waals surface area contributed by atoms with Gasteiger partial charge in [0.1, 0.15) is 6.04 Å². The van der Waals surface area contributed by atoms with Gasteiger partial charge in [-0.05, 0) is 18.4 Å². The first kappa shape index (κ1) is 16.7. The Morgan fingerprint density at radius 1 is 1.36 bits per heavy atom. The Balaban J connectivity index is 0.00000176. The van der Waals surface area contributed by atoms with Crippen LogP contribution in [0.1, 0.15) is 11.8 Å². The Labute approximate surface area is 134 Å². The first-order valence-electron chi connectivity index (χ1n) is 6.10. The maximum Gasteiger partial charge on any atom is 0.408 e. The number of hydrogen-bond acceptors (Lipinski definition) is 5. The largest absolute Gasteiger partial charge is 1.00 e. The molecule has 22 heavy (non-hydrogen) atoms. The molecule has 0 bridgehead atoms. The fraction of sp³-hybridized carbons (Fsp3) is 0.250. The molecule has 1 aromatic heterocycles. The molecule has 0 radical (unpaired) electrons. The molecule has 0 aliphatic carbocycles. The second-order valence-corrected chi connectivity index (χ2v) is 5.43. The maximum absolute atomic E-state index is 12.8. The van der Waals surface area contributed by atoms with Crippen LogP contribution in [0.5, 0.6) is 0 Å². The molecule has 0 aromatic carbocycles.